The maximum absolute atomic E-state index is 14.2. The van der Waals surface area contributed by atoms with Crippen molar-refractivity contribution in [3.63, 3.8) is 0 Å². The molecule has 106 valence electrons. The number of aliphatic hydroxyl groups is 1. The molecule has 0 aromatic heterocycles. The lowest BCUT2D eigenvalue weighted by Gasteiger charge is -2.31. The van der Waals surface area contributed by atoms with Crippen LogP contribution in [-0.2, 0) is 0 Å². The van der Waals surface area contributed by atoms with Gasteiger partial charge < -0.3 is 10.8 Å². The average Bonchev–Trinajstić information content (AvgIpc) is 2.43. The molecule has 3 N–H and O–H groups in total. The first-order valence-electron chi connectivity index (χ1n) is 6.90. The summed E-state index contributed by atoms with van der Waals surface area (Å²) in [6, 6.07) is 2.51. The van der Waals surface area contributed by atoms with E-state index >= 15 is 0 Å². The molecule has 19 heavy (non-hydrogen) atoms. The van der Waals surface area contributed by atoms with Gasteiger partial charge in [0.05, 0.1) is 12.1 Å². The number of nitrogens with two attached hydrogens (primary N) is 1. The smallest absolute Gasteiger partial charge is 0.132 e. The fourth-order valence-electron chi connectivity index (χ4n) is 2.92. The van der Waals surface area contributed by atoms with Crippen molar-refractivity contribution in [3.05, 3.63) is 34.1 Å². The second kappa shape index (κ2) is 6.21. The molecule has 1 fully saturated rings. The molecular formula is C15H21ClFNO. The molecule has 2 nitrogen and oxygen atoms in total. The van der Waals surface area contributed by atoms with Crippen LogP contribution >= 0.6 is 11.6 Å². The minimum Gasteiger partial charge on any atom is -0.391 e. The predicted molar refractivity (Wildman–Crippen MR) is 75.7 cm³/mol. The second-order valence-electron chi connectivity index (χ2n) is 5.51. The van der Waals surface area contributed by atoms with E-state index in [4.69, 9.17) is 17.3 Å². The van der Waals surface area contributed by atoms with Crippen LogP contribution in [0.4, 0.5) is 4.39 Å². The van der Waals surface area contributed by atoms with E-state index in [1.165, 1.54) is 6.42 Å². The lowest BCUT2D eigenvalue weighted by molar-refractivity contribution is 0.0608. The molecule has 4 heteroatoms. The van der Waals surface area contributed by atoms with Crippen LogP contribution in [0.1, 0.15) is 49.3 Å². The van der Waals surface area contributed by atoms with Crippen LogP contribution in [0.2, 0.25) is 5.02 Å². The van der Waals surface area contributed by atoms with Gasteiger partial charge >= 0.3 is 0 Å². The Kier molecular flexibility index (Phi) is 4.82. The molecule has 0 radical (unpaired) electrons. The molecule has 1 aliphatic carbocycles. The topological polar surface area (TPSA) is 46.2 Å². The monoisotopic (exact) mass is 285 g/mol. The normalized spacial score (nSPS) is 20.3. The van der Waals surface area contributed by atoms with Crippen LogP contribution in [0.3, 0.4) is 0 Å². The third kappa shape index (κ3) is 3.10. The predicted octanol–water partition coefficient (Wildman–Crippen LogP) is 3.73. The summed E-state index contributed by atoms with van der Waals surface area (Å²) in [5.41, 5.74) is 6.82. The van der Waals surface area contributed by atoms with Crippen molar-refractivity contribution >= 4 is 11.6 Å². The largest absolute Gasteiger partial charge is 0.391 e. The van der Waals surface area contributed by atoms with Crippen molar-refractivity contribution in [2.45, 2.75) is 51.2 Å². The molecule has 0 saturated heterocycles. The van der Waals surface area contributed by atoms with Crippen molar-refractivity contribution in [2.24, 2.45) is 11.7 Å². The highest BCUT2D eigenvalue weighted by Crippen LogP contribution is 2.35. The maximum Gasteiger partial charge on any atom is 0.132 e. The zero-order valence-corrected chi connectivity index (χ0v) is 12.0. The van der Waals surface area contributed by atoms with E-state index < -0.39 is 18.0 Å². The van der Waals surface area contributed by atoms with E-state index in [0.29, 0.717) is 10.6 Å². The first-order valence-corrected chi connectivity index (χ1v) is 7.28. The first-order chi connectivity index (χ1) is 9.02. The van der Waals surface area contributed by atoms with Gasteiger partial charge in [0, 0.05) is 10.6 Å². The Morgan fingerprint density at radius 2 is 1.95 bits per heavy atom. The summed E-state index contributed by atoms with van der Waals surface area (Å²) in [6.45, 7) is 1.68. The molecule has 2 rings (SSSR count). The highest BCUT2D eigenvalue weighted by atomic mass is 35.5. The molecule has 1 aromatic rings. The molecule has 1 saturated carbocycles. The number of hydrogen-bond donors (Lipinski definition) is 2. The van der Waals surface area contributed by atoms with E-state index in [-0.39, 0.29) is 11.5 Å². The van der Waals surface area contributed by atoms with Crippen molar-refractivity contribution in [3.8, 4) is 0 Å². The molecule has 0 bridgehead atoms. The molecule has 0 unspecified atom stereocenters. The molecule has 0 aliphatic heterocycles. The highest BCUT2D eigenvalue weighted by molar-refractivity contribution is 6.31. The van der Waals surface area contributed by atoms with Gasteiger partial charge in [-0.2, -0.15) is 0 Å². The van der Waals surface area contributed by atoms with Crippen LogP contribution in [0.5, 0.6) is 0 Å². The van der Waals surface area contributed by atoms with Crippen molar-refractivity contribution < 1.29 is 9.50 Å². The molecule has 2 atom stereocenters. The summed E-state index contributed by atoms with van der Waals surface area (Å²) >= 11 is 6.05. The summed E-state index contributed by atoms with van der Waals surface area (Å²) in [6.07, 6.45) is 4.61. The van der Waals surface area contributed by atoms with Gasteiger partial charge in [-0.3, -0.25) is 0 Å². The lowest BCUT2D eigenvalue weighted by Crippen LogP contribution is -2.35. The average molecular weight is 286 g/mol. The minimum atomic E-state index is -0.754. The van der Waals surface area contributed by atoms with Gasteiger partial charge in [0.25, 0.3) is 0 Å². The standard InChI is InChI=1S/C15H21ClFNO/c1-9-7-8-11(16)12(13(9)17)14(18)15(19)10-5-3-2-4-6-10/h7-8,10,14-15,19H,2-6,18H2,1H3/t14-,15+/m0/s1. The molecule has 1 aliphatic rings. The quantitative estimate of drug-likeness (QED) is 0.889. The molecule has 0 spiro atoms. The number of hydrogen-bond acceptors (Lipinski definition) is 2. The Morgan fingerprint density at radius 3 is 2.58 bits per heavy atom. The number of aliphatic hydroxyl groups excluding tert-OH is 1. The summed E-state index contributed by atoms with van der Waals surface area (Å²) in [7, 11) is 0. The van der Waals surface area contributed by atoms with Gasteiger partial charge in [0.1, 0.15) is 5.82 Å². The third-order valence-corrected chi connectivity index (χ3v) is 4.48. The zero-order chi connectivity index (χ0) is 14.0. The Hall–Kier alpha value is -0.640. The summed E-state index contributed by atoms with van der Waals surface area (Å²) in [5, 5.41) is 10.7. The van der Waals surface area contributed by atoms with Crippen LogP contribution in [-0.4, -0.2) is 11.2 Å². The fraction of sp³-hybridized carbons (Fsp3) is 0.600. The summed E-state index contributed by atoms with van der Waals surface area (Å²) in [5.74, 6) is -0.241. The molecule has 1 aromatic carbocycles. The van der Waals surface area contributed by atoms with E-state index in [9.17, 15) is 9.50 Å². The number of aryl methyl sites for hydroxylation is 1. The second-order valence-corrected chi connectivity index (χ2v) is 5.91. The van der Waals surface area contributed by atoms with Gasteiger partial charge in [-0.05, 0) is 37.3 Å². The van der Waals surface area contributed by atoms with Crippen molar-refractivity contribution in [2.75, 3.05) is 0 Å². The van der Waals surface area contributed by atoms with Crippen molar-refractivity contribution in [1.82, 2.24) is 0 Å². The van der Waals surface area contributed by atoms with Gasteiger partial charge in [0.2, 0.25) is 0 Å². The Morgan fingerprint density at radius 1 is 1.32 bits per heavy atom. The minimum absolute atomic E-state index is 0.153. The molecule has 0 amide bonds. The van der Waals surface area contributed by atoms with Gasteiger partial charge in [-0.15, -0.1) is 0 Å². The van der Waals surface area contributed by atoms with Crippen LogP contribution in [0, 0.1) is 18.7 Å². The van der Waals surface area contributed by atoms with Gasteiger partial charge in [0.15, 0.2) is 0 Å². The fourth-order valence-corrected chi connectivity index (χ4v) is 3.20. The number of rotatable bonds is 3. The third-order valence-electron chi connectivity index (χ3n) is 4.15. The van der Waals surface area contributed by atoms with E-state index in [1.54, 1.807) is 19.1 Å². The SMILES string of the molecule is Cc1ccc(Cl)c([C@H](N)[C@H](O)C2CCCCC2)c1F. The van der Waals surface area contributed by atoms with Gasteiger partial charge in [-0.25, -0.2) is 4.39 Å². The zero-order valence-electron chi connectivity index (χ0n) is 11.2. The number of benzene rings is 1. The lowest BCUT2D eigenvalue weighted by atomic mass is 9.81. The molecular weight excluding hydrogens is 265 g/mol. The van der Waals surface area contributed by atoms with E-state index in [2.05, 4.69) is 0 Å². The summed E-state index contributed by atoms with van der Waals surface area (Å²) < 4.78 is 14.2. The Balaban J connectivity index is 2.23. The number of halogens is 2. The van der Waals surface area contributed by atoms with Gasteiger partial charge in [-0.1, -0.05) is 36.9 Å². The summed E-state index contributed by atoms with van der Waals surface area (Å²) in [4.78, 5) is 0. The Labute approximate surface area is 118 Å². The van der Waals surface area contributed by atoms with E-state index in [0.717, 1.165) is 25.7 Å². The maximum atomic E-state index is 14.2. The first kappa shape index (κ1) is 14.8. The Bertz CT molecular complexity index is 446. The van der Waals surface area contributed by atoms with Crippen LogP contribution in [0.25, 0.3) is 0 Å². The van der Waals surface area contributed by atoms with E-state index in [1.807, 2.05) is 0 Å². The molecule has 0 heterocycles. The van der Waals surface area contributed by atoms with Crippen LogP contribution in [0.15, 0.2) is 12.1 Å². The van der Waals surface area contributed by atoms with Crippen molar-refractivity contribution in [1.29, 1.82) is 0 Å². The van der Waals surface area contributed by atoms with Crippen LogP contribution < -0.4 is 5.73 Å². The highest BCUT2D eigenvalue weighted by Gasteiger charge is 2.30.